The quantitative estimate of drug-likeness (QED) is 0.313. The maximum absolute atomic E-state index is 12.2. The van der Waals surface area contributed by atoms with Crippen LogP contribution in [-0.4, -0.2) is 57.2 Å². The summed E-state index contributed by atoms with van der Waals surface area (Å²) in [5.41, 5.74) is 1.28. The van der Waals surface area contributed by atoms with Gasteiger partial charge in [0.1, 0.15) is 0 Å². The Balaban J connectivity index is 0.00000242. The van der Waals surface area contributed by atoms with Crippen molar-refractivity contribution >= 4 is 47.2 Å². The zero-order valence-electron chi connectivity index (χ0n) is 12.9. The van der Waals surface area contributed by atoms with Crippen molar-refractivity contribution in [1.29, 1.82) is 0 Å². The number of rotatable bonds is 5. The molecule has 0 atom stereocenters. The van der Waals surface area contributed by atoms with Gasteiger partial charge in [0.15, 0.2) is 5.96 Å². The second kappa shape index (κ2) is 10.0. The van der Waals surface area contributed by atoms with Crippen LogP contribution in [0.25, 0.3) is 0 Å². The van der Waals surface area contributed by atoms with Crippen LogP contribution >= 0.6 is 35.3 Å². The summed E-state index contributed by atoms with van der Waals surface area (Å²) in [6.07, 6.45) is 0.958. The van der Waals surface area contributed by atoms with Crippen LogP contribution in [0, 0.1) is 0 Å². The molecule has 22 heavy (non-hydrogen) atoms. The van der Waals surface area contributed by atoms with Crippen molar-refractivity contribution < 1.29 is 9.53 Å². The Bertz CT molecular complexity index is 507. The first kappa shape index (κ1) is 19.2. The number of guanidine groups is 1. The highest BCUT2D eigenvalue weighted by Crippen LogP contribution is 2.23. The minimum absolute atomic E-state index is 0. The van der Waals surface area contributed by atoms with Gasteiger partial charge in [-0.05, 0) is 23.4 Å². The number of aliphatic imine (C=N–C) groups is 1. The highest BCUT2D eigenvalue weighted by molar-refractivity contribution is 14.0. The number of carbonyl (C=O) groups is 1. The van der Waals surface area contributed by atoms with Crippen molar-refractivity contribution in [2.24, 2.45) is 4.99 Å². The number of thiophene rings is 1. The minimum atomic E-state index is 0. The minimum Gasteiger partial charge on any atom is -0.383 e. The van der Waals surface area contributed by atoms with Gasteiger partial charge < -0.3 is 20.3 Å². The van der Waals surface area contributed by atoms with E-state index in [4.69, 9.17) is 4.74 Å². The summed E-state index contributed by atoms with van der Waals surface area (Å²) in [4.78, 5) is 19.6. The van der Waals surface area contributed by atoms with Crippen LogP contribution in [-0.2, 0) is 22.5 Å². The summed E-state index contributed by atoms with van der Waals surface area (Å²) in [6.45, 7) is 3.03. The molecule has 0 aliphatic carbocycles. The van der Waals surface area contributed by atoms with Crippen molar-refractivity contribution in [2.75, 3.05) is 40.4 Å². The standard InChI is InChI=1S/C14H22N4O2S.HI/c1-15-14(16-5-7-20-2)17-9-13(19)18-6-3-12-11(10-18)4-8-21-12;/h4,8H,3,5-7,9-10H2,1-2H3,(H2,15,16,17);1H. The SMILES string of the molecule is CN=C(NCCOC)NCC(=O)N1CCc2sccc2C1.I. The van der Waals surface area contributed by atoms with Crippen molar-refractivity contribution in [1.82, 2.24) is 15.5 Å². The van der Waals surface area contributed by atoms with E-state index in [1.807, 2.05) is 4.90 Å². The van der Waals surface area contributed by atoms with Gasteiger partial charge >= 0.3 is 0 Å². The van der Waals surface area contributed by atoms with Gasteiger partial charge in [0.25, 0.3) is 0 Å². The van der Waals surface area contributed by atoms with Gasteiger partial charge in [-0.2, -0.15) is 0 Å². The first-order chi connectivity index (χ1) is 10.2. The van der Waals surface area contributed by atoms with E-state index >= 15 is 0 Å². The molecule has 0 saturated carbocycles. The molecule has 1 amide bonds. The predicted octanol–water partition coefficient (Wildman–Crippen LogP) is 1.06. The zero-order valence-corrected chi connectivity index (χ0v) is 16.1. The predicted molar refractivity (Wildman–Crippen MR) is 100 cm³/mol. The summed E-state index contributed by atoms with van der Waals surface area (Å²) in [6, 6.07) is 2.11. The van der Waals surface area contributed by atoms with Crippen LogP contribution in [0.1, 0.15) is 10.4 Å². The maximum atomic E-state index is 12.2. The smallest absolute Gasteiger partial charge is 0.242 e. The summed E-state index contributed by atoms with van der Waals surface area (Å²) in [5, 5.41) is 8.22. The maximum Gasteiger partial charge on any atom is 0.242 e. The first-order valence-corrected chi connectivity index (χ1v) is 7.89. The van der Waals surface area contributed by atoms with Crippen LogP contribution < -0.4 is 10.6 Å². The topological polar surface area (TPSA) is 66.0 Å². The number of amides is 1. The Kier molecular flexibility index (Phi) is 8.72. The summed E-state index contributed by atoms with van der Waals surface area (Å²) in [7, 11) is 3.33. The summed E-state index contributed by atoms with van der Waals surface area (Å²) >= 11 is 1.78. The van der Waals surface area contributed by atoms with Crippen LogP contribution in [0.3, 0.4) is 0 Å². The highest BCUT2D eigenvalue weighted by atomic mass is 127. The number of fused-ring (bicyclic) bond motifs is 1. The molecule has 1 aromatic heterocycles. The van der Waals surface area contributed by atoms with E-state index in [-0.39, 0.29) is 36.4 Å². The molecule has 124 valence electrons. The molecule has 0 unspecified atom stereocenters. The van der Waals surface area contributed by atoms with E-state index in [9.17, 15) is 4.79 Å². The van der Waals surface area contributed by atoms with Gasteiger partial charge in [-0.1, -0.05) is 0 Å². The van der Waals surface area contributed by atoms with Crippen molar-refractivity contribution in [3.05, 3.63) is 21.9 Å². The zero-order chi connectivity index (χ0) is 15.1. The van der Waals surface area contributed by atoms with E-state index in [0.29, 0.717) is 19.1 Å². The van der Waals surface area contributed by atoms with Crippen molar-refractivity contribution in [3.63, 3.8) is 0 Å². The molecule has 0 radical (unpaired) electrons. The molecule has 0 spiro atoms. The van der Waals surface area contributed by atoms with Gasteiger partial charge in [-0.25, -0.2) is 0 Å². The number of ether oxygens (including phenoxy) is 1. The average Bonchev–Trinajstić information content (AvgIpc) is 2.97. The molecular weight excluding hydrogens is 415 g/mol. The highest BCUT2D eigenvalue weighted by Gasteiger charge is 2.21. The monoisotopic (exact) mass is 438 g/mol. The van der Waals surface area contributed by atoms with E-state index in [1.165, 1.54) is 10.4 Å². The molecule has 1 aliphatic rings. The second-order valence-corrected chi connectivity index (χ2v) is 5.78. The lowest BCUT2D eigenvalue weighted by Crippen LogP contribution is -2.46. The molecule has 0 fully saturated rings. The van der Waals surface area contributed by atoms with Crippen molar-refractivity contribution in [2.45, 2.75) is 13.0 Å². The van der Waals surface area contributed by atoms with E-state index < -0.39 is 0 Å². The third-order valence-corrected chi connectivity index (χ3v) is 4.41. The number of nitrogens with one attached hydrogen (secondary N) is 2. The largest absolute Gasteiger partial charge is 0.383 e. The molecular formula is C14H23IN4O2S. The lowest BCUT2D eigenvalue weighted by molar-refractivity contribution is -0.130. The third kappa shape index (κ3) is 5.40. The fourth-order valence-electron chi connectivity index (χ4n) is 2.22. The molecule has 0 saturated heterocycles. The molecule has 1 aliphatic heterocycles. The van der Waals surface area contributed by atoms with E-state index in [0.717, 1.165) is 19.5 Å². The molecule has 0 aromatic carbocycles. The average molecular weight is 438 g/mol. The normalized spacial score (nSPS) is 14.1. The molecule has 1 aromatic rings. The summed E-state index contributed by atoms with van der Waals surface area (Å²) < 4.78 is 4.96. The number of nitrogens with zero attached hydrogens (tertiary/aromatic N) is 2. The molecule has 8 heteroatoms. The fraction of sp³-hybridized carbons (Fsp3) is 0.571. The molecule has 6 nitrogen and oxygen atoms in total. The van der Waals surface area contributed by atoms with Gasteiger partial charge in [-0.3, -0.25) is 9.79 Å². The van der Waals surface area contributed by atoms with Crippen LogP contribution in [0.5, 0.6) is 0 Å². The Morgan fingerprint density at radius 2 is 2.32 bits per heavy atom. The van der Waals surface area contributed by atoms with Gasteiger partial charge in [0.2, 0.25) is 5.91 Å². The number of carbonyl (C=O) groups excluding carboxylic acids is 1. The second-order valence-electron chi connectivity index (χ2n) is 4.78. The van der Waals surface area contributed by atoms with Gasteiger partial charge in [0.05, 0.1) is 13.2 Å². The van der Waals surface area contributed by atoms with E-state index in [1.54, 1.807) is 25.5 Å². The Morgan fingerprint density at radius 1 is 1.50 bits per heavy atom. The van der Waals surface area contributed by atoms with Crippen LogP contribution in [0.2, 0.25) is 0 Å². The summed E-state index contributed by atoms with van der Waals surface area (Å²) in [5.74, 6) is 0.718. The molecule has 2 heterocycles. The first-order valence-electron chi connectivity index (χ1n) is 7.01. The van der Waals surface area contributed by atoms with Crippen LogP contribution in [0.15, 0.2) is 16.4 Å². The van der Waals surface area contributed by atoms with E-state index in [2.05, 4.69) is 27.1 Å². The lowest BCUT2D eigenvalue weighted by atomic mass is 10.1. The Morgan fingerprint density at radius 3 is 3.05 bits per heavy atom. The lowest BCUT2D eigenvalue weighted by Gasteiger charge is -2.27. The van der Waals surface area contributed by atoms with Crippen molar-refractivity contribution in [3.8, 4) is 0 Å². The number of hydrogen-bond donors (Lipinski definition) is 2. The fourth-order valence-corrected chi connectivity index (χ4v) is 3.11. The number of halogens is 1. The number of hydrogen-bond acceptors (Lipinski definition) is 4. The number of methoxy groups -OCH3 is 1. The molecule has 2 rings (SSSR count). The van der Waals surface area contributed by atoms with Gasteiger partial charge in [0, 0.05) is 38.7 Å². The molecule has 2 N–H and O–H groups in total. The third-order valence-electron chi connectivity index (χ3n) is 3.39. The Hall–Kier alpha value is -0.870. The van der Waals surface area contributed by atoms with Gasteiger partial charge in [-0.15, -0.1) is 35.3 Å². The molecule has 0 bridgehead atoms. The van der Waals surface area contributed by atoms with Crippen LogP contribution in [0.4, 0.5) is 0 Å². The Labute approximate surface area is 152 Å².